The zero-order valence-electron chi connectivity index (χ0n) is 9.68. The minimum Gasteiger partial charge on any atom is -0.323 e. The predicted octanol–water partition coefficient (Wildman–Crippen LogP) is 2.21. The van der Waals surface area contributed by atoms with E-state index < -0.39 is 0 Å². The van der Waals surface area contributed by atoms with Gasteiger partial charge in [-0.3, -0.25) is 0 Å². The van der Waals surface area contributed by atoms with Crippen LogP contribution < -0.4 is 5.73 Å². The Bertz CT molecular complexity index is 495. The van der Waals surface area contributed by atoms with Crippen LogP contribution in [0.5, 0.6) is 0 Å². The third-order valence-corrected chi connectivity index (χ3v) is 2.59. The molecular weight excluding hydrogens is 219 g/mol. The highest BCUT2D eigenvalue weighted by Crippen LogP contribution is 2.16. The Balaban J connectivity index is 2.27. The van der Waals surface area contributed by atoms with Crippen molar-refractivity contribution < 1.29 is 4.39 Å². The van der Waals surface area contributed by atoms with Crippen LogP contribution in [-0.4, -0.2) is 15.0 Å². The Kier molecular flexibility index (Phi) is 3.49. The van der Waals surface area contributed by atoms with Gasteiger partial charge in [0.25, 0.3) is 0 Å². The van der Waals surface area contributed by atoms with E-state index in [2.05, 4.69) is 17.2 Å². The highest BCUT2D eigenvalue weighted by Gasteiger charge is 2.11. The van der Waals surface area contributed by atoms with Gasteiger partial charge >= 0.3 is 0 Å². The fourth-order valence-electron chi connectivity index (χ4n) is 1.66. The number of halogens is 1. The van der Waals surface area contributed by atoms with Crippen LogP contribution in [0.25, 0.3) is 5.69 Å². The summed E-state index contributed by atoms with van der Waals surface area (Å²) in [5, 5.41) is 7.87. The van der Waals surface area contributed by atoms with Crippen LogP contribution in [0, 0.1) is 5.82 Å². The highest BCUT2D eigenvalue weighted by atomic mass is 19.1. The first-order valence-corrected chi connectivity index (χ1v) is 5.65. The zero-order valence-corrected chi connectivity index (χ0v) is 9.68. The lowest BCUT2D eigenvalue weighted by Gasteiger charge is -2.04. The van der Waals surface area contributed by atoms with E-state index in [1.54, 1.807) is 24.4 Å². The first-order valence-electron chi connectivity index (χ1n) is 5.65. The molecule has 0 saturated carbocycles. The van der Waals surface area contributed by atoms with Crippen LogP contribution in [0.2, 0.25) is 0 Å². The van der Waals surface area contributed by atoms with E-state index in [1.165, 1.54) is 10.7 Å². The van der Waals surface area contributed by atoms with Gasteiger partial charge in [0.2, 0.25) is 0 Å². The smallest absolute Gasteiger partial charge is 0.148 e. The first kappa shape index (κ1) is 11.7. The summed E-state index contributed by atoms with van der Waals surface area (Å²) in [4.78, 5) is 0. The topological polar surface area (TPSA) is 56.7 Å². The molecule has 0 aliphatic rings. The molecule has 1 heterocycles. The van der Waals surface area contributed by atoms with Crippen molar-refractivity contribution in [3.8, 4) is 5.69 Å². The Morgan fingerprint density at radius 3 is 2.88 bits per heavy atom. The van der Waals surface area contributed by atoms with Gasteiger partial charge in [-0.2, -0.15) is 0 Å². The fourth-order valence-corrected chi connectivity index (χ4v) is 1.66. The largest absolute Gasteiger partial charge is 0.323 e. The van der Waals surface area contributed by atoms with E-state index in [9.17, 15) is 4.39 Å². The van der Waals surface area contributed by atoms with Crippen molar-refractivity contribution in [2.45, 2.75) is 25.8 Å². The molecule has 1 aromatic heterocycles. The fraction of sp³-hybridized carbons (Fsp3) is 0.333. The Morgan fingerprint density at radius 2 is 2.18 bits per heavy atom. The van der Waals surface area contributed by atoms with Crippen LogP contribution in [0.3, 0.4) is 0 Å². The first-order chi connectivity index (χ1) is 8.22. The molecule has 4 nitrogen and oxygen atoms in total. The third kappa shape index (κ3) is 2.50. The summed E-state index contributed by atoms with van der Waals surface area (Å²) in [5.74, 6) is -0.326. The van der Waals surface area contributed by atoms with Gasteiger partial charge in [-0.25, -0.2) is 9.07 Å². The van der Waals surface area contributed by atoms with Gasteiger partial charge in [-0.1, -0.05) is 30.7 Å². The molecule has 2 N–H and O–H groups in total. The summed E-state index contributed by atoms with van der Waals surface area (Å²) in [6.45, 7) is 2.06. The molecule has 5 heteroatoms. The predicted molar refractivity (Wildman–Crippen MR) is 63.2 cm³/mol. The molecule has 0 fully saturated rings. The molecule has 17 heavy (non-hydrogen) atoms. The second-order valence-electron chi connectivity index (χ2n) is 3.93. The highest BCUT2D eigenvalue weighted by molar-refractivity contribution is 5.32. The van der Waals surface area contributed by atoms with Gasteiger partial charge in [0.15, 0.2) is 0 Å². The van der Waals surface area contributed by atoms with E-state index in [1.807, 2.05) is 0 Å². The summed E-state index contributed by atoms with van der Waals surface area (Å²) in [7, 11) is 0. The average Bonchev–Trinajstić information content (AvgIpc) is 2.79. The molecule has 2 aromatic rings. The lowest BCUT2D eigenvalue weighted by atomic mass is 10.1. The average molecular weight is 234 g/mol. The molecule has 1 atom stereocenters. The van der Waals surface area contributed by atoms with Gasteiger partial charge in [0, 0.05) is 0 Å². The van der Waals surface area contributed by atoms with Gasteiger partial charge in [0.1, 0.15) is 11.5 Å². The lowest BCUT2D eigenvalue weighted by molar-refractivity contribution is 0.606. The molecule has 0 bridgehead atoms. The standard InChI is InChI=1S/C12H15FN4/c1-2-5-10(14)11-8-17(16-15-11)12-7-4-3-6-9(12)13/h3-4,6-8,10H,2,5,14H2,1H3. The number of hydrogen-bond acceptors (Lipinski definition) is 3. The number of aromatic nitrogens is 3. The summed E-state index contributed by atoms with van der Waals surface area (Å²) >= 11 is 0. The van der Waals surface area contributed by atoms with Gasteiger partial charge in [0.05, 0.1) is 17.9 Å². The maximum atomic E-state index is 13.5. The summed E-state index contributed by atoms with van der Waals surface area (Å²) in [6, 6.07) is 6.30. The van der Waals surface area contributed by atoms with E-state index in [0.29, 0.717) is 11.4 Å². The molecule has 1 unspecified atom stereocenters. The monoisotopic (exact) mass is 234 g/mol. The molecule has 2 rings (SSSR count). The molecule has 0 amide bonds. The van der Waals surface area contributed by atoms with Crippen molar-refractivity contribution in [1.29, 1.82) is 0 Å². The molecule has 0 spiro atoms. The number of hydrogen-bond donors (Lipinski definition) is 1. The van der Waals surface area contributed by atoms with E-state index in [4.69, 9.17) is 5.73 Å². The van der Waals surface area contributed by atoms with Crippen LogP contribution in [0.1, 0.15) is 31.5 Å². The Hall–Kier alpha value is -1.75. The summed E-state index contributed by atoms with van der Waals surface area (Å²) in [6.07, 6.45) is 3.50. The molecule has 1 aromatic carbocycles. The molecule has 0 radical (unpaired) electrons. The van der Waals surface area contributed by atoms with Crippen molar-refractivity contribution in [3.05, 3.63) is 42.0 Å². The van der Waals surface area contributed by atoms with E-state index >= 15 is 0 Å². The van der Waals surface area contributed by atoms with E-state index in [0.717, 1.165) is 12.8 Å². The molecule has 0 aliphatic carbocycles. The number of benzene rings is 1. The Labute approximate surface area is 99.2 Å². The van der Waals surface area contributed by atoms with Crippen LogP contribution in [-0.2, 0) is 0 Å². The molecule has 0 aliphatic heterocycles. The maximum absolute atomic E-state index is 13.5. The number of para-hydroxylation sites is 1. The second-order valence-corrected chi connectivity index (χ2v) is 3.93. The van der Waals surface area contributed by atoms with Gasteiger partial charge in [-0.15, -0.1) is 5.10 Å². The third-order valence-electron chi connectivity index (χ3n) is 2.59. The van der Waals surface area contributed by atoms with Crippen molar-refractivity contribution >= 4 is 0 Å². The second kappa shape index (κ2) is 5.05. The van der Waals surface area contributed by atoms with Crippen molar-refractivity contribution in [2.24, 2.45) is 5.73 Å². The quantitative estimate of drug-likeness (QED) is 0.882. The number of nitrogens with zero attached hydrogens (tertiary/aromatic N) is 3. The summed E-state index contributed by atoms with van der Waals surface area (Å²) < 4.78 is 14.9. The summed E-state index contributed by atoms with van der Waals surface area (Å²) in [5.41, 5.74) is 7.00. The molecular formula is C12H15FN4. The molecule has 90 valence electrons. The Morgan fingerprint density at radius 1 is 1.41 bits per heavy atom. The van der Waals surface area contributed by atoms with Crippen LogP contribution >= 0.6 is 0 Å². The van der Waals surface area contributed by atoms with Gasteiger partial charge in [-0.05, 0) is 18.6 Å². The maximum Gasteiger partial charge on any atom is 0.148 e. The van der Waals surface area contributed by atoms with Crippen LogP contribution in [0.15, 0.2) is 30.5 Å². The van der Waals surface area contributed by atoms with Crippen molar-refractivity contribution in [1.82, 2.24) is 15.0 Å². The number of nitrogens with two attached hydrogens (primary N) is 1. The van der Waals surface area contributed by atoms with Gasteiger partial charge < -0.3 is 5.73 Å². The normalized spacial score (nSPS) is 12.6. The van der Waals surface area contributed by atoms with Crippen molar-refractivity contribution in [3.63, 3.8) is 0 Å². The zero-order chi connectivity index (χ0) is 12.3. The SMILES string of the molecule is CCCC(N)c1cn(-c2ccccc2F)nn1. The minimum atomic E-state index is -0.326. The van der Waals surface area contributed by atoms with Crippen LogP contribution in [0.4, 0.5) is 4.39 Å². The minimum absolute atomic E-state index is 0.138. The molecule has 0 saturated heterocycles. The van der Waals surface area contributed by atoms with Crippen molar-refractivity contribution in [2.75, 3.05) is 0 Å². The lowest BCUT2D eigenvalue weighted by Crippen LogP contribution is -2.10. The van der Waals surface area contributed by atoms with E-state index in [-0.39, 0.29) is 11.9 Å². The number of rotatable bonds is 4.